The third kappa shape index (κ3) is 4.69. The highest BCUT2D eigenvalue weighted by Crippen LogP contribution is 2.26. The highest BCUT2D eigenvalue weighted by molar-refractivity contribution is 5.95. The lowest BCUT2D eigenvalue weighted by Crippen LogP contribution is -2.40. The lowest BCUT2D eigenvalue weighted by atomic mass is 9.96. The Kier molecular flexibility index (Phi) is 6.41. The van der Waals surface area contributed by atoms with Crippen molar-refractivity contribution in [2.45, 2.75) is 51.4 Å². The number of benzene rings is 1. The Hall–Kier alpha value is -2.76. The molecule has 6 nitrogen and oxygen atoms in total. The van der Waals surface area contributed by atoms with Crippen LogP contribution in [0.5, 0.6) is 0 Å². The molecule has 30 heavy (non-hydrogen) atoms. The zero-order valence-electron chi connectivity index (χ0n) is 17.7. The van der Waals surface area contributed by atoms with Gasteiger partial charge in [-0.15, -0.1) is 0 Å². The van der Waals surface area contributed by atoms with E-state index in [1.165, 1.54) is 6.42 Å². The summed E-state index contributed by atoms with van der Waals surface area (Å²) >= 11 is 0. The van der Waals surface area contributed by atoms with Crippen molar-refractivity contribution in [3.8, 4) is 0 Å². The lowest BCUT2D eigenvalue weighted by Gasteiger charge is -2.32. The predicted octanol–water partition coefficient (Wildman–Crippen LogP) is 3.36. The Bertz CT molecular complexity index is 893. The molecule has 6 heteroatoms. The van der Waals surface area contributed by atoms with E-state index in [1.54, 1.807) is 6.20 Å². The molecule has 2 fully saturated rings. The molecule has 0 spiro atoms. The van der Waals surface area contributed by atoms with Crippen LogP contribution in [-0.2, 0) is 11.2 Å². The summed E-state index contributed by atoms with van der Waals surface area (Å²) in [7, 11) is 0. The summed E-state index contributed by atoms with van der Waals surface area (Å²) in [5, 5.41) is 0. The quantitative estimate of drug-likeness (QED) is 0.781. The van der Waals surface area contributed by atoms with Crippen molar-refractivity contribution >= 4 is 11.8 Å². The van der Waals surface area contributed by atoms with Gasteiger partial charge in [-0.2, -0.15) is 0 Å². The van der Waals surface area contributed by atoms with Crippen molar-refractivity contribution in [3.63, 3.8) is 0 Å². The third-order valence-electron chi connectivity index (χ3n) is 6.21. The summed E-state index contributed by atoms with van der Waals surface area (Å²) in [6.45, 7) is 4.96. The third-order valence-corrected chi connectivity index (χ3v) is 6.21. The van der Waals surface area contributed by atoms with Crippen molar-refractivity contribution in [2.75, 3.05) is 26.2 Å². The van der Waals surface area contributed by atoms with Crippen molar-refractivity contribution in [2.24, 2.45) is 0 Å². The smallest absolute Gasteiger partial charge is 0.257 e. The molecule has 2 aliphatic rings. The van der Waals surface area contributed by atoms with Crippen LogP contribution in [0.4, 0.5) is 0 Å². The second-order valence-corrected chi connectivity index (χ2v) is 8.42. The van der Waals surface area contributed by atoms with Crippen molar-refractivity contribution < 1.29 is 9.59 Å². The van der Waals surface area contributed by atoms with E-state index in [-0.39, 0.29) is 17.7 Å². The van der Waals surface area contributed by atoms with Crippen LogP contribution < -0.4 is 0 Å². The minimum Gasteiger partial charge on any atom is -0.342 e. The average molecular weight is 407 g/mol. The molecule has 158 valence electrons. The normalized spacial score (nSPS) is 19.6. The van der Waals surface area contributed by atoms with Gasteiger partial charge in [0.2, 0.25) is 5.91 Å². The molecular weight excluding hydrogens is 376 g/mol. The molecule has 3 heterocycles. The molecular formula is C24H30N4O2. The van der Waals surface area contributed by atoms with E-state index in [9.17, 15) is 9.59 Å². The van der Waals surface area contributed by atoms with Gasteiger partial charge in [0.1, 0.15) is 5.82 Å². The molecule has 0 N–H and O–H groups in total. The maximum Gasteiger partial charge on any atom is 0.257 e. The minimum absolute atomic E-state index is 0.0436. The SMILES string of the molecule is Cc1nc([C@@H]2CCCN(C(=O)Cc3ccccc3)C2)ncc1C(=O)N1CCCCC1. The van der Waals surface area contributed by atoms with E-state index in [0.717, 1.165) is 62.4 Å². The number of hydrogen-bond donors (Lipinski definition) is 0. The summed E-state index contributed by atoms with van der Waals surface area (Å²) in [6.07, 6.45) is 7.36. The summed E-state index contributed by atoms with van der Waals surface area (Å²) in [5.41, 5.74) is 2.38. The first-order chi connectivity index (χ1) is 14.6. The first kappa shape index (κ1) is 20.5. The van der Waals surface area contributed by atoms with E-state index in [0.29, 0.717) is 18.5 Å². The molecule has 2 saturated heterocycles. The number of nitrogens with zero attached hydrogens (tertiary/aromatic N) is 4. The fourth-order valence-corrected chi connectivity index (χ4v) is 4.46. The Morgan fingerprint density at radius 3 is 2.47 bits per heavy atom. The van der Waals surface area contributed by atoms with E-state index in [2.05, 4.69) is 4.98 Å². The molecule has 0 aliphatic carbocycles. The van der Waals surface area contributed by atoms with Gasteiger partial charge in [0, 0.05) is 38.3 Å². The monoisotopic (exact) mass is 406 g/mol. The summed E-state index contributed by atoms with van der Waals surface area (Å²) in [5.74, 6) is 1.07. The first-order valence-corrected chi connectivity index (χ1v) is 11.1. The van der Waals surface area contributed by atoms with Crippen LogP contribution in [0.2, 0.25) is 0 Å². The van der Waals surface area contributed by atoms with E-state index in [4.69, 9.17) is 4.98 Å². The number of hydrogen-bond acceptors (Lipinski definition) is 4. The first-order valence-electron chi connectivity index (χ1n) is 11.1. The van der Waals surface area contributed by atoms with Crippen LogP contribution in [0.25, 0.3) is 0 Å². The highest BCUT2D eigenvalue weighted by Gasteiger charge is 2.28. The van der Waals surface area contributed by atoms with E-state index < -0.39 is 0 Å². The number of carbonyl (C=O) groups excluding carboxylic acids is 2. The van der Waals surface area contributed by atoms with Gasteiger partial charge in [-0.3, -0.25) is 9.59 Å². The topological polar surface area (TPSA) is 66.4 Å². The maximum absolute atomic E-state index is 12.8. The lowest BCUT2D eigenvalue weighted by molar-refractivity contribution is -0.131. The zero-order valence-corrected chi connectivity index (χ0v) is 17.7. The van der Waals surface area contributed by atoms with Crippen LogP contribution in [0.1, 0.15) is 65.5 Å². The van der Waals surface area contributed by atoms with Gasteiger partial charge in [0.25, 0.3) is 5.91 Å². The standard InChI is InChI=1S/C24H30N4O2/c1-18-21(24(30)27-12-6-3-7-13-27)16-25-23(26-18)20-11-8-14-28(17-20)22(29)15-19-9-4-2-5-10-19/h2,4-5,9-10,16,20H,3,6-8,11-15,17H2,1H3/t20-/m1/s1. The molecule has 0 unspecified atom stereocenters. The van der Waals surface area contributed by atoms with E-state index >= 15 is 0 Å². The molecule has 0 radical (unpaired) electrons. The van der Waals surface area contributed by atoms with E-state index in [1.807, 2.05) is 47.1 Å². The van der Waals surface area contributed by atoms with Crippen LogP contribution in [0, 0.1) is 6.92 Å². The molecule has 4 rings (SSSR count). The molecule has 0 bridgehead atoms. The number of aromatic nitrogens is 2. The number of carbonyl (C=O) groups is 2. The van der Waals surface area contributed by atoms with Gasteiger partial charge in [-0.05, 0) is 44.6 Å². The minimum atomic E-state index is 0.0436. The summed E-state index contributed by atoms with van der Waals surface area (Å²) < 4.78 is 0. The van der Waals surface area contributed by atoms with Gasteiger partial charge >= 0.3 is 0 Å². The average Bonchev–Trinajstić information content (AvgIpc) is 2.80. The Balaban J connectivity index is 1.42. The molecule has 2 amide bonds. The van der Waals surface area contributed by atoms with Crippen LogP contribution in [0.15, 0.2) is 36.5 Å². The molecule has 1 atom stereocenters. The van der Waals surface area contributed by atoms with Gasteiger partial charge in [0.05, 0.1) is 17.7 Å². The number of aryl methyl sites for hydroxylation is 1. The van der Waals surface area contributed by atoms with Gasteiger partial charge in [0.15, 0.2) is 0 Å². The van der Waals surface area contributed by atoms with Gasteiger partial charge in [-0.1, -0.05) is 30.3 Å². The second kappa shape index (κ2) is 9.37. The van der Waals surface area contributed by atoms with Crippen molar-refractivity contribution in [1.29, 1.82) is 0 Å². The highest BCUT2D eigenvalue weighted by atomic mass is 16.2. The molecule has 2 aromatic rings. The fraction of sp³-hybridized carbons (Fsp3) is 0.500. The Morgan fingerprint density at radius 2 is 1.73 bits per heavy atom. The number of amides is 2. The number of piperidine rings is 2. The number of rotatable bonds is 4. The second-order valence-electron chi connectivity index (χ2n) is 8.42. The summed E-state index contributed by atoms with van der Waals surface area (Å²) in [4.78, 5) is 38.7. The molecule has 1 aromatic heterocycles. The maximum atomic E-state index is 12.8. The van der Waals surface area contributed by atoms with Gasteiger partial charge in [-0.25, -0.2) is 9.97 Å². The fourth-order valence-electron chi connectivity index (χ4n) is 4.46. The molecule has 2 aliphatic heterocycles. The Morgan fingerprint density at radius 1 is 1.00 bits per heavy atom. The molecule has 0 saturated carbocycles. The predicted molar refractivity (Wildman–Crippen MR) is 115 cm³/mol. The van der Waals surface area contributed by atoms with Crippen LogP contribution in [0.3, 0.4) is 0 Å². The largest absolute Gasteiger partial charge is 0.342 e. The molecule has 1 aromatic carbocycles. The van der Waals surface area contributed by atoms with Gasteiger partial charge < -0.3 is 9.80 Å². The zero-order chi connectivity index (χ0) is 20.9. The van der Waals surface area contributed by atoms with Crippen LogP contribution >= 0.6 is 0 Å². The van der Waals surface area contributed by atoms with Crippen molar-refractivity contribution in [1.82, 2.24) is 19.8 Å². The number of likely N-dealkylation sites (tertiary alicyclic amines) is 2. The van der Waals surface area contributed by atoms with Crippen LogP contribution in [-0.4, -0.2) is 57.8 Å². The Labute approximate surface area is 178 Å². The summed E-state index contributed by atoms with van der Waals surface area (Å²) in [6, 6.07) is 9.87. The van der Waals surface area contributed by atoms with Crippen molar-refractivity contribution in [3.05, 3.63) is 59.2 Å².